The maximum absolute atomic E-state index is 6.44. The molecule has 4 nitrogen and oxygen atoms in total. The number of hydrogen-bond acceptors (Lipinski definition) is 5. The van der Waals surface area contributed by atoms with Gasteiger partial charge in [-0.3, -0.25) is 0 Å². The minimum atomic E-state index is 0.602. The van der Waals surface area contributed by atoms with E-state index in [1.807, 2.05) is 36.4 Å². The highest BCUT2D eigenvalue weighted by atomic mass is 32.1. The van der Waals surface area contributed by atoms with Crippen LogP contribution in [0.2, 0.25) is 0 Å². The van der Waals surface area contributed by atoms with Crippen molar-refractivity contribution in [3.8, 4) is 56.4 Å². The van der Waals surface area contributed by atoms with E-state index in [0.717, 1.165) is 60.7 Å². The number of furan rings is 1. The molecule has 234 valence electrons. The number of para-hydroxylation sites is 1. The van der Waals surface area contributed by atoms with Crippen LogP contribution in [0.25, 0.3) is 98.5 Å². The van der Waals surface area contributed by atoms with Gasteiger partial charge in [0.25, 0.3) is 0 Å². The zero-order chi connectivity index (χ0) is 33.0. The van der Waals surface area contributed by atoms with Crippen molar-refractivity contribution >= 4 is 53.4 Å². The summed E-state index contributed by atoms with van der Waals surface area (Å²) in [7, 11) is 0. The number of rotatable bonds is 5. The Balaban J connectivity index is 1.28. The predicted molar refractivity (Wildman–Crippen MR) is 207 cm³/mol. The summed E-state index contributed by atoms with van der Waals surface area (Å²) >= 11 is 1.79. The van der Waals surface area contributed by atoms with Crippen LogP contribution < -0.4 is 0 Å². The lowest BCUT2D eigenvalue weighted by Crippen LogP contribution is -2.01. The number of fused-ring (bicyclic) bond motifs is 6. The molecule has 0 saturated heterocycles. The fourth-order valence-corrected chi connectivity index (χ4v) is 8.18. The molecule has 0 atom stereocenters. The van der Waals surface area contributed by atoms with E-state index >= 15 is 0 Å². The summed E-state index contributed by atoms with van der Waals surface area (Å²) in [6, 6.07) is 56.7. The first-order valence-corrected chi connectivity index (χ1v) is 17.4. The van der Waals surface area contributed by atoms with Gasteiger partial charge in [0, 0.05) is 47.6 Å². The Morgan fingerprint density at radius 3 is 1.80 bits per heavy atom. The minimum Gasteiger partial charge on any atom is -0.456 e. The normalized spacial score (nSPS) is 11.6. The molecule has 0 N–H and O–H groups in total. The van der Waals surface area contributed by atoms with Crippen molar-refractivity contribution in [3.05, 3.63) is 164 Å². The average molecular weight is 658 g/mol. The van der Waals surface area contributed by atoms with E-state index in [0.29, 0.717) is 17.5 Å². The first kappa shape index (κ1) is 28.6. The largest absolute Gasteiger partial charge is 0.456 e. The van der Waals surface area contributed by atoms with Gasteiger partial charge in [0.1, 0.15) is 11.2 Å². The molecule has 0 spiro atoms. The summed E-state index contributed by atoms with van der Waals surface area (Å²) in [5.41, 5.74) is 8.89. The van der Waals surface area contributed by atoms with E-state index in [1.54, 1.807) is 11.3 Å². The van der Waals surface area contributed by atoms with Gasteiger partial charge in [-0.1, -0.05) is 133 Å². The summed E-state index contributed by atoms with van der Waals surface area (Å²) in [6.07, 6.45) is 0. The SMILES string of the molecule is c1ccc(-c2ccc(-c3ccc4oc5ccccc5c4c3-c3nc(-c4ccccc4)nc(-c4cccc5sc6ccccc6c45)n3)cc2)cc1. The lowest BCUT2D eigenvalue weighted by Gasteiger charge is -2.14. The Kier molecular flexibility index (Phi) is 6.64. The van der Waals surface area contributed by atoms with Crippen molar-refractivity contribution in [2.24, 2.45) is 0 Å². The monoisotopic (exact) mass is 657 g/mol. The molecule has 0 aliphatic carbocycles. The summed E-state index contributed by atoms with van der Waals surface area (Å²) in [6.45, 7) is 0. The zero-order valence-corrected chi connectivity index (χ0v) is 27.6. The smallest absolute Gasteiger partial charge is 0.165 e. The minimum absolute atomic E-state index is 0.602. The zero-order valence-electron chi connectivity index (χ0n) is 26.7. The molecule has 0 aliphatic heterocycles. The molecule has 10 aromatic rings. The van der Waals surface area contributed by atoms with E-state index < -0.39 is 0 Å². The van der Waals surface area contributed by atoms with Crippen LogP contribution in [-0.4, -0.2) is 15.0 Å². The third kappa shape index (κ3) is 4.71. The number of aromatic nitrogens is 3. The molecule has 3 heterocycles. The van der Waals surface area contributed by atoms with Crippen LogP contribution in [0.15, 0.2) is 168 Å². The van der Waals surface area contributed by atoms with E-state index in [1.165, 1.54) is 20.3 Å². The van der Waals surface area contributed by atoms with Crippen molar-refractivity contribution in [1.29, 1.82) is 0 Å². The molecule has 0 unspecified atom stereocenters. The molecule has 50 heavy (non-hydrogen) atoms. The van der Waals surface area contributed by atoms with Gasteiger partial charge in [-0.25, -0.2) is 15.0 Å². The lowest BCUT2D eigenvalue weighted by molar-refractivity contribution is 0.669. The summed E-state index contributed by atoms with van der Waals surface area (Å²) in [4.78, 5) is 15.8. The second-order valence-corrected chi connectivity index (χ2v) is 13.4. The predicted octanol–water partition coefficient (Wildman–Crippen LogP) is 12.5. The van der Waals surface area contributed by atoms with E-state index in [-0.39, 0.29) is 0 Å². The molecule has 0 radical (unpaired) electrons. The van der Waals surface area contributed by atoms with Crippen LogP contribution in [0, 0.1) is 0 Å². The molecule has 3 aromatic heterocycles. The molecule has 5 heteroatoms. The van der Waals surface area contributed by atoms with Crippen LogP contribution in [0.5, 0.6) is 0 Å². The van der Waals surface area contributed by atoms with Crippen LogP contribution in [0.1, 0.15) is 0 Å². The van der Waals surface area contributed by atoms with Crippen molar-refractivity contribution in [2.45, 2.75) is 0 Å². The Hall–Kier alpha value is -6.43. The van der Waals surface area contributed by atoms with E-state index in [2.05, 4.69) is 127 Å². The van der Waals surface area contributed by atoms with Gasteiger partial charge in [0.05, 0.1) is 0 Å². The Labute approximate surface area is 292 Å². The number of benzene rings is 7. The number of thiophene rings is 1. The highest BCUT2D eigenvalue weighted by Gasteiger charge is 2.23. The maximum atomic E-state index is 6.44. The molecule has 0 fully saturated rings. The van der Waals surface area contributed by atoms with Gasteiger partial charge < -0.3 is 4.42 Å². The van der Waals surface area contributed by atoms with Crippen molar-refractivity contribution in [2.75, 3.05) is 0 Å². The van der Waals surface area contributed by atoms with E-state index in [9.17, 15) is 0 Å². The highest BCUT2D eigenvalue weighted by Crippen LogP contribution is 2.44. The maximum Gasteiger partial charge on any atom is 0.165 e. The average Bonchev–Trinajstić information content (AvgIpc) is 3.77. The first-order chi connectivity index (χ1) is 24.8. The van der Waals surface area contributed by atoms with Gasteiger partial charge in [0.2, 0.25) is 0 Å². The highest BCUT2D eigenvalue weighted by molar-refractivity contribution is 7.25. The summed E-state index contributed by atoms with van der Waals surface area (Å²) in [5, 5.41) is 4.37. The van der Waals surface area contributed by atoms with Gasteiger partial charge in [-0.2, -0.15) is 0 Å². The third-order valence-electron chi connectivity index (χ3n) is 9.38. The molecule has 7 aromatic carbocycles. The van der Waals surface area contributed by atoms with Gasteiger partial charge >= 0.3 is 0 Å². The molecule has 0 aliphatic rings. The van der Waals surface area contributed by atoms with Crippen LogP contribution in [-0.2, 0) is 0 Å². The molecule has 0 amide bonds. The second kappa shape index (κ2) is 11.6. The first-order valence-electron chi connectivity index (χ1n) is 16.6. The number of nitrogens with zero attached hydrogens (tertiary/aromatic N) is 3. The molecule has 10 rings (SSSR count). The van der Waals surface area contributed by atoms with E-state index in [4.69, 9.17) is 19.4 Å². The van der Waals surface area contributed by atoms with Gasteiger partial charge in [0.15, 0.2) is 17.5 Å². The standard InChI is InChI=1S/C45H27N3OS/c1-3-12-28(13-4-1)29-22-24-30(25-23-29)32-26-27-37-41(33-16-7-9-19-36(33)49-37)42(32)45-47-43(31-14-5-2-6-15-31)46-44(48-45)35-18-11-21-39-40(35)34-17-8-10-20-38(34)50-39/h1-27H. The van der Waals surface area contributed by atoms with Crippen molar-refractivity contribution < 1.29 is 4.42 Å². The molecular formula is C45H27N3OS. The molecule has 0 bridgehead atoms. The Morgan fingerprint density at radius 1 is 0.360 bits per heavy atom. The molecule has 0 saturated carbocycles. The lowest BCUT2D eigenvalue weighted by atomic mass is 9.93. The van der Waals surface area contributed by atoms with Gasteiger partial charge in [-0.15, -0.1) is 11.3 Å². The van der Waals surface area contributed by atoms with Crippen LogP contribution in [0.3, 0.4) is 0 Å². The van der Waals surface area contributed by atoms with Crippen LogP contribution >= 0.6 is 11.3 Å². The molecular weight excluding hydrogens is 631 g/mol. The van der Waals surface area contributed by atoms with Crippen molar-refractivity contribution in [1.82, 2.24) is 15.0 Å². The summed E-state index contributed by atoms with van der Waals surface area (Å²) in [5.74, 6) is 1.86. The second-order valence-electron chi connectivity index (χ2n) is 12.4. The van der Waals surface area contributed by atoms with Crippen LogP contribution in [0.4, 0.5) is 0 Å². The fraction of sp³-hybridized carbons (Fsp3) is 0. The van der Waals surface area contributed by atoms with Crippen molar-refractivity contribution in [3.63, 3.8) is 0 Å². The summed E-state index contributed by atoms with van der Waals surface area (Å²) < 4.78 is 8.88. The topological polar surface area (TPSA) is 51.8 Å². The Bertz CT molecular complexity index is 2860. The van der Waals surface area contributed by atoms with Gasteiger partial charge in [-0.05, 0) is 52.6 Å². The number of hydrogen-bond donors (Lipinski definition) is 0. The Morgan fingerprint density at radius 2 is 0.980 bits per heavy atom. The third-order valence-corrected chi connectivity index (χ3v) is 10.5. The fourth-order valence-electron chi connectivity index (χ4n) is 7.05. The quantitative estimate of drug-likeness (QED) is 0.185.